The van der Waals surface area contributed by atoms with Crippen LogP contribution in [0.2, 0.25) is 0 Å². The summed E-state index contributed by atoms with van der Waals surface area (Å²) in [7, 11) is -3.63. The molecule has 0 spiro atoms. The zero-order chi connectivity index (χ0) is 18.3. The summed E-state index contributed by atoms with van der Waals surface area (Å²) >= 11 is 0. The number of hydrogen-bond acceptors (Lipinski definition) is 5. The van der Waals surface area contributed by atoms with Crippen LogP contribution < -0.4 is 10.0 Å². The number of fused-ring (bicyclic) bond motifs is 1. The lowest BCUT2D eigenvalue weighted by atomic mass is 10.0. The number of aromatic amines is 1. The van der Waals surface area contributed by atoms with Gasteiger partial charge >= 0.3 is 0 Å². The van der Waals surface area contributed by atoms with Crippen molar-refractivity contribution in [2.45, 2.75) is 6.92 Å². The molecule has 0 unspecified atom stereocenters. The maximum atomic E-state index is 11.5. The van der Waals surface area contributed by atoms with Gasteiger partial charge in [0, 0.05) is 54.7 Å². The number of nitrogens with zero attached hydrogens (tertiary/aromatic N) is 4. The van der Waals surface area contributed by atoms with Crippen molar-refractivity contribution in [3.05, 3.63) is 42.4 Å². The normalized spacial score (nSPS) is 16.3. The Balaban J connectivity index is 1.71. The third-order valence-electron chi connectivity index (χ3n) is 4.80. The van der Waals surface area contributed by atoms with Crippen LogP contribution in [0.5, 0.6) is 0 Å². The van der Waals surface area contributed by atoms with E-state index in [9.17, 15) is 8.42 Å². The molecule has 2 aromatic heterocycles. The number of benzene rings is 1. The van der Waals surface area contributed by atoms with Crippen LogP contribution in [0.3, 0.4) is 0 Å². The lowest BCUT2D eigenvalue weighted by molar-refractivity contribution is 0.386. The Labute approximate surface area is 151 Å². The average Bonchev–Trinajstić information content (AvgIpc) is 3.06. The van der Waals surface area contributed by atoms with Crippen LogP contribution >= 0.6 is 0 Å². The predicted octanol–water partition coefficient (Wildman–Crippen LogP) is 1.26. The number of pyridine rings is 1. The van der Waals surface area contributed by atoms with Gasteiger partial charge in [-0.1, -0.05) is 6.07 Å². The predicted molar refractivity (Wildman–Crippen MR) is 101 cm³/mol. The van der Waals surface area contributed by atoms with Crippen LogP contribution in [0.15, 0.2) is 36.7 Å². The number of anilines is 1. The number of aryl methyl sites for hydroxylation is 1. The van der Waals surface area contributed by atoms with Gasteiger partial charge in [0.15, 0.2) is 0 Å². The summed E-state index contributed by atoms with van der Waals surface area (Å²) in [6.45, 7) is 3.92. The highest BCUT2D eigenvalue weighted by Gasteiger charge is 2.25. The highest BCUT2D eigenvalue weighted by Crippen LogP contribution is 2.31. The molecule has 136 valence electrons. The molecular weight excluding hydrogens is 352 g/mol. The van der Waals surface area contributed by atoms with E-state index >= 15 is 0 Å². The third kappa shape index (κ3) is 3.05. The van der Waals surface area contributed by atoms with E-state index in [1.54, 1.807) is 6.20 Å². The van der Waals surface area contributed by atoms with Gasteiger partial charge in [0.2, 0.25) is 0 Å². The molecule has 1 fully saturated rings. The fourth-order valence-corrected chi connectivity index (χ4v) is 4.07. The van der Waals surface area contributed by atoms with Gasteiger partial charge in [-0.3, -0.25) is 10.1 Å². The smallest absolute Gasteiger partial charge is 0.277 e. The fraction of sp³-hybridized carbons (Fsp3) is 0.294. The molecule has 1 aliphatic rings. The van der Waals surface area contributed by atoms with Gasteiger partial charge in [0.1, 0.15) is 0 Å². The highest BCUT2D eigenvalue weighted by molar-refractivity contribution is 7.86. The van der Waals surface area contributed by atoms with Crippen molar-refractivity contribution in [1.82, 2.24) is 19.5 Å². The first kappa shape index (κ1) is 17.0. The Morgan fingerprint density at radius 3 is 2.58 bits per heavy atom. The summed E-state index contributed by atoms with van der Waals surface area (Å²) in [5, 5.41) is 13.3. The second kappa shape index (κ2) is 6.35. The van der Waals surface area contributed by atoms with Gasteiger partial charge in [0.05, 0.1) is 11.7 Å². The molecule has 3 heterocycles. The molecule has 1 aromatic carbocycles. The number of aromatic nitrogens is 3. The molecule has 4 rings (SSSR count). The molecule has 1 aliphatic heterocycles. The zero-order valence-electron chi connectivity index (χ0n) is 14.4. The number of nitrogens with one attached hydrogen (secondary N) is 1. The minimum atomic E-state index is -3.63. The highest BCUT2D eigenvalue weighted by atomic mass is 32.2. The van der Waals surface area contributed by atoms with Crippen LogP contribution in [-0.2, 0) is 10.2 Å². The lowest BCUT2D eigenvalue weighted by Gasteiger charge is -2.35. The molecule has 0 bridgehead atoms. The van der Waals surface area contributed by atoms with Gasteiger partial charge in [-0.2, -0.15) is 17.8 Å². The van der Waals surface area contributed by atoms with Crippen molar-refractivity contribution in [2.75, 3.05) is 31.1 Å². The lowest BCUT2D eigenvalue weighted by Crippen LogP contribution is -2.50. The largest absolute Gasteiger partial charge is 0.368 e. The monoisotopic (exact) mass is 372 g/mol. The van der Waals surface area contributed by atoms with Crippen LogP contribution in [0.1, 0.15) is 5.69 Å². The van der Waals surface area contributed by atoms with E-state index in [-0.39, 0.29) is 0 Å². The summed E-state index contributed by atoms with van der Waals surface area (Å²) in [6, 6.07) is 8.12. The van der Waals surface area contributed by atoms with Gasteiger partial charge in [-0.05, 0) is 30.7 Å². The van der Waals surface area contributed by atoms with Crippen molar-refractivity contribution in [3.8, 4) is 11.1 Å². The third-order valence-corrected chi connectivity index (χ3v) is 5.88. The summed E-state index contributed by atoms with van der Waals surface area (Å²) in [5.41, 5.74) is 5.09. The van der Waals surface area contributed by atoms with E-state index in [0.717, 1.165) is 33.4 Å². The van der Waals surface area contributed by atoms with E-state index < -0.39 is 10.2 Å². The van der Waals surface area contributed by atoms with E-state index in [0.29, 0.717) is 26.2 Å². The molecule has 0 amide bonds. The van der Waals surface area contributed by atoms with Crippen LogP contribution in [0.25, 0.3) is 22.0 Å². The first-order valence-corrected chi connectivity index (χ1v) is 9.86. The van der Waals surface area contributed by atoms with E-state index in [2.05, 4.69) is 26.1 Å². The van der Waals surface area contributed by atoms with Crippen molar-refractivity contribution >= 4 is 26.8 Å². The minimum Gasteiger partial charge on any atom is -0.368 e. The van der Waals surface area contributed by atoms with Gasteiger partial charge in [-0.25, -0.2) is 5.14 Å². The maximum absolute atomic E-state index is 11.5. The quantitative estimate of drug-likeness (QED) is 0.719. The molecule has 0 atom stereocenters. The molecule has 0 aliphatic carbocycles. The summed E-state index contributed by atoms with van der Waals surface area (Å²) in [4.78, 5) is 6.64. The molecule has 1 saturated heterocycles. The number of hydrogen-bond donors (Lipinski definition) is 2. The average molecular weight is 372 g/mol. The second-order valence-corrected chi connectivity index (χ2v) is 7.95. The summed E-state index contributed by atoms with van der Waals surface area (Å²) in [5.74, 6) is 0. The van der Waals surface area contributed by atoms with Gasteiger partial charge < -0.3 is 4.90 Å². The Morgan fingerprint density at radius 1 is 1.15 bits per heavy atom. The summed E-state index contributed by atoms with van der Waals surface area (Å²) < 4.78 is 24.3. The number of nitrogens with two attached hydrogens (primary N) is 1. The van der Waals surface area contributed by atoms with Crippen LogP contribution in [0.4, 0.5) is 5.69 Å². The van der Waals surface area contributed by atoms with Crippen LogP contribution in [-0.4, -0.2) is 54.1 Å². The first-order chi connectivity index (χ1) is 12.4. The Morgan fingerprint density at radius 2 is 1.92 bits per heavy atom. The van der Waals surface area contributed by atoms with E-state index in [1.807, 2.05) is 31.3 Å². The zero-order valence-corrected chi connectivity index (χ0v) is 15.2. The molecule has 3 N–H and O–H groups in total. The van der Waals surface area contributed by atoms with Gasteiger partial charge in [-0.15, -0.1) is 0 Å². The topological polar surface area (TPSA) is 108 Å². The van der Waals surface area contributed by atoms with Gasteiger partial charge in [0.25, 0.3) is 10.2 Å². The second-order valence-electron chi connectivity index (χ2n) is 6.40. The molecule has 8 nitrogen and oxygen atoms in total. The maximum Gasteiger partial charge on any atom is 0.277 e. The molecule has 0 radical (unpaired) electrons. The number of rotatable bonds is 3. The van der Waals surface area contributed by atoms with Crippen molar-refractivity contribution < 1.29 is 8.42 Å². The van der Waals surface area contributed by atoms with Crippen LogP contribution in [0, 0.1) is 6.92 Å². The van der Waals surface area contributed by atoms with Crippen molar-refractivity contribution in [3.63, 3.8) is 0 Å². The Hall–Kier alpha value is -2.49. The molecular formula is C17H20N6O2S. The Bertz CT molecular complexity index is 1050. The molecule has 26 heavy (non-hydrogen) atoms. The number of H-pyrrole nitrogens is 1. The number of piperazine rings is 1. The fourth-order valence-electron chi connectivity index (χ4n) is 3.40. The van der Waals surface area contributed by atoms with Crippen molar-refractivity contribution in [2.24, 2.45) is 5.14 Å². The Kier molecular flexibility index (Phi) is 4.14. The minimum absolute atomic E-state index is 0.378. The van der Waals surface area contributed by atoms with E-state index in [1.165, 1.54) is 4.31 Å². The molecule has 3 aromatic rings. The standard InChI is InChI=1S/C17H20N6O2S/c1-12-15(11-20-21-12)13-2-3-16-14(10-13)17(4-5-19-16)22-6-8-23(9-7-22)26(18,24)25/h2-5,10-11H,6-9H2,1H3,(H,20,21)(H2,18,24,25). The summed E-state index contributed by atoms with van der Waals surface area (Å²) in [6.07, 6.45) is 3.60. The molecule has 9 heteroatoms. The first-order valence-electron chi connectivity index (χ1n) is 8.35. The SMILES string of the molecule is Cc1[nH]ncc1-c1ccc2nccc(N3CCN(S(N)(=O)=O)CC3)c2c1. The van der Waals surface area contributed by atoms with Crippen molar-refractivity contribution in [1.29, 1.82) is 0 Å². The molecule has 0 saturated carbocycles. The van der Waals surface area contributed by atoms with E-state index in [4.69, 9.17) is 5.14 Å².